The van der Waals surface area contributed by atoms with Crippen LogP contribution >= 0.6 is 39.1 Å². The molecule has 2 nitrogen and oxygen atoms in total. The fraction of sp³-hybridized carbons (Fsp3) is 0.0714. The van der Waals surface area contributed by atoms with Gasteiger partial charge in [-0.05, 0) is 40.2 Å². The Hall–Kier alpha value is -1.17. The summed E-state index contributed by atoms with van der Waals surface area (Å²) in [4.78, 5) is 4.29. The predicted molar refractivity (Wildman–Crippen MR) is 83.3 cm³/mol. The van der Waals surface area contributed by atoms with E-state index in [0.29, 0.717) is 27.0 Å². The van der Waals surface area contributed by atoms with Crippen molar-refractivity contribution in [2.45, 2.75) is 5.88 Å². The molecule has 0 spiro atoms. The second-order valence-electron chi connectivity index (χ2n) is 4.35. The molecular weight excluding hydrogens is 385 g/mol. The van der Waals surface area contributed by atoms with Gasteiger partial charge in [-0.2, -0.15) is 0 Å². The minimum Gasteiger partial charge on any atom is -0.293 e. The third kappa shape index (κ3) is 2.54. The van der Waals surface area contributed by atoms with Gasteiger partial charge in [0.05, 0.1) is 27.6 Å². The van der Waals surface area contributed by atoms with Crippen LogP contribution in [-0.2, 0) is 5.88 Å². The number of aromatic nitrogens is 2. The van der Waals surface area contributed by atoms with E-state index in [2.05, 4.69) is 20.9 Å². The summed E-state index contributed by atoms with van der Waals surface area (Å²) < 4.78 is 28.9. The van der Waals surface area contributed by atoms with Crippen molar-refractivity contribution >= 4 is 50.2 Å². The van der Waals surface area contributed by atoms with Gasteiger partial charge in [0.25, 0.3) is 0 Å². The van der Waals surface area contributed by atoms with Gasteiger partial charge in [0.15, 0.2) is 0 Å². The summed E-state index contributed by atoms with van der Waals surface area (Å²) in [6.07, 6.45) is 0. The number of alkyl halides is 1. The summed E-state index contributed by atoms with van der Waals surface area (Å²) in [5, 5.41) is 0.205. The van der Waals surface area contributed by atoms with E-state index < -0.39 is 11.6 Å². The van der Waals surface area contributed by atoms with Crippen LogP contribution in [0.25, 0.3) is 16.7 Å². The first kappa shape index (κ1) is 14.8. The molecule has 1 aromatic heterocycles. The van der Waals surface area contributed by atoms with Crippen molar-refractivity contribution in [2.24, 2.45) is 0 Å². The van der Waals surface area contributed by atoms with Gasteiger partial charge in [-0.25, -0.2) is 13.8 Å². The van der Waals surface area contributed by atoms with Crippen LogP contribution in [0.1, 0.15) is 5.82 Å². The normalized spacial score (nSPS) is 11.3. The van der Waals surface area contributed by atoms with Crippen LogP contribution in [0.3, 0.4) is 0 Å². The van der Waals surface area contributed by atoms with Crippen molar-refractivity contribution in [1.29, 1.82) is 0 Å². The highest BCUT2D eigenvalue weighted by atomic mass is 79.9. The first-order valence-electron chi connectivity index (χ1n) is 5.89. The molecule has 0 aliphatic carbocycles. The van der Waals surface area contributed by atoms with Gasteiger partial charge < -0.3 is 0 Å². The average molecular weight is 392 g/mol. The van der Waals surface area contributed by atoms with Crippen LogP contribution in [0, 0.1) is 11.6 Å². The lowest BCUT2D eigenvalue weighted by Gasteiger charge is -2.12. The van der Waals surface area contributed by atoms with Gasteiger partial charge in [-0.3, -0.25) is 4.57 Å². The highest BCUT2D eigenvalue weighted by Gasteiger charge is 2.18. The molecule has 2 aromatic carbocycles. The third-order valence-electron chi connectivity index (χ3n) is 3.01. The maximum Gasteiger partial charge on any atom is 0.129 e. The highest BCUT2D eigenvalue weighted by Crippen LogP contribution is 2.34. The molecule has 0 fully saturated rings. The number of hydrogen-bond donors (Lipinski definition) is 0. The van der Waals surface area contributed by atoms with Crippen molar-refractivity contribution in [3.8, 4) is 5.69 Å². The van der Waals surface area contributed by atoms with E-state index in [0.717, 1.165) is 0 Å². The van der Waals surface area contributed by atoms with Crippen molar-refractivity contribution in [3.05, 3.63) is 57.3 Å². The number of rotatable bonds is 2. The van der Waals surface area contributed by atoms with Gasteiger partial charge in [0.1, 0.15) is 17.5 Å². The molecule has 3 aromatic rings. The minimum absolute atomic E-state index is 0.108. The number of hydrogen-bond acceptors (Lipinski definition) is 1. The summed E-state index contributed by atoms with van der Waals surface area (Å²) in [6.45, 7) is 0. The van der Waals surface area contributed by atoms with Gasteiger partial charge in [-0.1, -0.05) is 11.6 Å². The van der Waals surface area contributed by atoms with Crippen LogP contribution in [-0.4, -0.2) is 9.55 Å². The Bertz CT molecular complexity index is 825. The minimum atomic E-state index is -0.460. The summed E-state index contributed by atoms with van der Waals surface area (Å²) in [5.74, 6) is -0.251. The molecule has 0 bridgehead atoms. The molecule has 0 aliphatic heterocycles. The Morgan fingerprint density at radius 1 is 1.14 bits per heavy atom. The topological polar surface area (TPSA) is 17.8 Å². The molecular formula is C14H7BrCl2F2N2. The quantitative estimate of drug-likeness (QED) is 0.530. The summed E-state index contributed by atoms with van der Waals surface area (Å²) >= 11 is 15.4. The number of imidazole rings is 1. The van der Waals surface area contributed by atoms with E-state index in [9.17, 15) is 8.78 Å². The van der Waals surface area contributed by atoms with Crippen molar-refractivity contribution in [3.63, 3.8) is 0 Å². The fourth-order valence-corrected chi connectivity index (χ4v) is 3.38. The largest absolute Gasteiger partial charge is 0.293 e. The lowest BCUT2D eigenvalue weighted by molar-refractivity contribution is 0.626. The summed E-state index contributed by atoms with van der Waals surface area (Å²) in [5.41, 5.74) is 1.61. The molecule has 0 atom stereocenters. The smallest absolute Gasteiger partial charge is 0.129 e. The molecule has 0 radical (unpaired) electrons. The van der Waals surface area contributed by atoms with Gasteiger partial charge in [-0.15, -0.1) is 11.6 Å². The van der Waals surface area contributed by atoms with Crippen molar-refractivity contribution in [2.75, 3.05) is 0 Å². The fourth-order valence-electron chi connectivity index (χ4n) is 2.19. The molecule has 0 N–H and O–H groups in total. The molecule has 7 heteroatoms. The zero-order valence-electron chi connectivity index (χ0n) is 10.4. The van der Waals surface area contributed by atoms with Gasteiger partial charge in [0.2, 0.25) is 0 Å². The van der Waals surface area contributed by atoms with Crippen LogP contribution < -0.4 is 0 Å². The SMILES string of the molecule is Fc1cc(Cl)c(-n2c(CCl)nc3cc(F)ccc32)c(Br)c1. The molecule has 0 amide bonds. The number of benzene rings is 2. The highest BCUT2D eigenvalue weighted by molar-refractivity contribution is 9.10. The van der Waals surface area contributed by atoms with E-state index in [1.165, 1.54) is 24.3 Å². The number of halogens is 5. The Morgan fingerprint density at radius 2 is 1.90 bits per heavy atom. The summed E-state index contributed by atoms with van der Waals surface area (Å²) in [7, 11) is 0. The van der Waals surface area contributed by atoms with Gasteiger partial charge in [0, 0.05) is 10.5 Å². The van der Waals surface area contributed by atoms with Gasteiger partial charge >= 0.3 is 0 Å². The van der Waals surface area contributed by atoms with Crippen LogP contribution in [0.5, 0.6) is 0 Å². The second-order valence-corrected chi connectivity index (χ2v) is 5.88. The molecule has 21 heavy (non-hydrogen) atoms. The standard InChI is InChI=1S/C14H7BrCl2F2N2/c15-9-3-8(19)4-10(17)14(9)21-12-2-1-7(18)5-11(12)20-13(21)6-16/h1-5H,6H2. The molecule has 3 rings (SSSR count). The molecule has 108 valence electrons. The first-order valence-corrected chi connectivity index (χ1v) is 7.59. The zero-order chi connectivity index (χ0) is 15.1. The first-order chi connectivity index (χ1) is 10.0. The maximum absolute atomic E-state index is 13.4. The zero-order valence-corrected chi connectivity index (χ0v) is 13.5. The lowest BCUT2D eigenvalue weighted by Crippen LogP contribution is -2.02. The van der Waals surface area contributed by atoms with Crippen LogP contribution in [0.4, 0.5) is 8.78 Å². The predicted octanol–water partition coefficient (Wildman–Crippen LogP) is 5.46. The van der Waals surface area contributed by atoms with Crippen molar-refractivity contribution in [1.82, 2.24) is 9.55 Å². The Balaban J connectivity index is 2.39. The Morgan fingerprint density at radius 3 is 2.57 bits per heavy atom. The monoisotopic (exact) mass is 390 g/mol. The van der Waals surface area contributed by atoms with E-state index in [1.807, 2.05) is 0 Å². The van der Waals surface area contributed by atoms with Crippen LogP contribution in [0.2, 0.25) is 5.02 Å². The Kier molecular flexibility index (Phi) is 3.90. The van der Waals surface area contributed by atoms with E-state index >= 15 is 0 Å². The Labute approximate surface area is 137 Å². The average Bonchev–Trinajstić information content (AvgIpc) is 2.75. The molecule has 0 unspecified atom stereocenters. The molecule has 0 aliphatic rings. The number of fused-ring (bicyclic) bond motifs is 1. The van der Waals surface area contributed by atoms with E-state index in [4.69, 9.17) is 23.2 Å². The molecule has 1 heterocycles. The second kappa shape index (κ2) is 5.55. The lowest BCUT2D eigenvalue weighted by atomic mass is 10.2. The third-order valence-corrected chi connectivity index (χ3v) is 4.14. The van der Waals surface area contributed by atoms with Crippen molar-refractivity contribution < 1.29 is 8.78 Å². The van der Waals surface area contributed by atoms with Crippen LogP contribution in [0.15, 0.2) is 34.8 Å². The summed E-state index contributed by atoms with van der Waals surface area (Å²) in [6, 6.07) is 6.72. The molecule has 0 saturated carbocycles. The number of nitrogens with zero attached hydrogens (tertiary/aromatic N) is 2. The molecule has 0 saturated heterocycles. The van der Waals surface area contributed by atoms with E-state index in [-0.39, 0.29) is 10.9 Å². The van der Waals surface area contributed by atoms with E-state index in [1.54, 1.807) is 10.6 Å². The maximum atomic E-state index is 13.4.